The van der Waals surface area contributed by atoms with Gasteiger partial charge in [-0.15, -0.1) is 0 Å². The van der Waals surface area contributed by atoms with Crippen LogP contribution in [0.1, 0.15) is 22.8 Å². The van der Waals surface area contributed by atoms with Crippen LogP contribution in [0.25, 0.3) is 0 Å². The smallest absolute Gasteiger partial charge is 0.422 e. The van der Waals surface area contributed by atoms with Crippen LogP contribution in [0, 0.1) is 6.92 Å². The van der Waals surface area contributed by atoms with Crippen molar-refractivity contribution in [3.05, 3.63) is 23.4 Å². The highest BCUT2D eigenvalue weighted by Gasteiger charge is 2.28. The summed E-state index contributed by atoms with van der Waals surface area (Å²) in [5.74, 6) is -0.327. The molecule has 0 saturated heterocycles. The fourth-order valence-corrected chi connectivity index (χ4v) is 1.13. The number of carbonyl (C=O) groups is 1. The molecule has 1 rings (SSSR count). The summed E-state index contributed by atoms with van der Waals surface area (Å²) in [5, 5.41) is 0. The molecule has 0 fully saturated rings. The van der Waals surface area contributed by atoms with Crippen molar-refractivity contribution in [2.75, 3.05) is 6.61 Å². The maximum Gasteiger partial charge on any atom is 0.422 e. The topological polar surface area (TPSA) is 39.2 Å². The van der Waals surface area contributed by atoms with Gasteiger partial charge in [0.05, 0.1) is 0 Å². The van der Waals surface area contributed by atoms with Crippen molar-refractivity contribution >= 4 is 5.78 Å². The van der Waals surface area contributed by atoms with Crippen molar-refractivity contribution in [1.29, 1.82) is 0 Å². The van der Waals surface area contributed by atoms with Crippen molar-refractivity contribution in [2.24, 2.45) is 0 Å². The number of halogens is 3. The predicted molar refractivity (Wildman–Crippen MR) is 50.5 cm³/mol. The molecule has 0 aliphatic heterocycles. The van der Waals surface area contributed by atoms with Gasteiger partial charge in [0, 0.05) is 17.8 Å². The maximum atomic E-state index is 11.8. The van der Waals surface area contributed by atoms with E-state index in [2.05, 4.69) is 9.72 Å². The molecule has 0 aliphatic carbocycles. The number of alkyl halides is 3. The minimum atomic E-state index is -4.39. The Labute approximate surface area is 90.2 Å². The first-order valence-corrected chi connectivity index (χ1v) is 4.47. The Morgan fingerprint density at radius 2 is 2.12 bits per heavy atom. The van der Waals surface area contributed by atoms with E-state index < -0.39 is 12.8 Å². The summed E-state index contributed by atoms with van der Waals surface area (Å²) in [4.78, 5) is 14.7. The van der Waals surface area contributed by atoms with E-state index in [1.54, 1.807) is 6.92 Å². The van der Waals surface area contributed by atoms with Gasteiger partial charge in [0.1, 0.15) is 0 Å². The molecular formula is C10H10F3NO2. The molecule has 0 spiro atoms. The summed E-state index contributed by atoms with van der Waals surface area (Å²) < 4.78 is 40.0. The fraction of sp³-hybridized carbons (Fsp3) is 0.400. The molecule has 0 saturated carbocycles. The summed E-state index contributed by atoms with van der Waals surface area (Å²) in [6.07, 6.45) is -3.18. The van der Waals surface area contributed by atoms with E-state index in [1.165, 1.54) is 19.2 Å². The molecule has 3 nitrogen and oxygen atoms in total. The average Bonchev–Trinajstić information content (AvgIpc) is 2.13. The molecule has 0 amide bonds. The van der Waals surface area contributed by atoms with Crippen molar-refractivity contribution in [2.45, 2.75) is 20.0 Å². The van der Waals surface area contributed by atoms with Crippen LogP contribution in [0.5, 0.6) is 5.88 Å². The van der Waals surface area contributed by atoms with E-state index in [0.29, 0.717) is 11.1 Å². The van der Waals surface area contributed by atoms with Gasteiger partial charge in [-0.3, -0.25) is 4.79 Å². The minimum absolute atomic E-state index is 0.139. The van der Waals surface area contributed by atoms with Gasteiger partial charge >= 0.3 is 6.18 Å². The molecule has 6 heteroatoms. The number of ketones is 1. The van der Waals surface area contributed by atoms with Gasteiger partial charge < -0.3 is 4.74 Å². The highest BCUT2D eigenvalue weighted by molar-refractivity contribution is 5.95. The van der Waals surface area contributed by atoms with Crippen LogP contribution in [0.3, 0.4) is 0 Å². The number of nitrogens with zero attached hydrogens (tertiary/aromatic N) is 1. The second-order valence-electron chi connectivity index (χ2n) is 3.30. The van der Waals surface area contributed by atoms with Crippen molar-refractivity contribution in [3.8, 4) is 5.88 Å². The van der Waals surface area contributed by atoms with Crippen molar-refractivity contribution < 1.29 is 22.7 Å². The summed E-state index contributed by atoms with van der Waals surface area (Å²) in [6.45, 7) is 1.58. The second-order valence-corrected chi connectivity index (χ2v) is 3.30. The number of pyridine rings is 1. The van der Waals surface area contributed by atoms with E-state index in [9.17, 15) is 18.0 Å². The number of carbonyl (C=O) groups excluding carboxylic acids is 1. The number of ether oxygens (including phenoxy) is 1. The summed E-state index contributed by atoms with van der Waals surface area (Å²) in [6, 6.07) is 1.31. The SMILES string of the molecule is CC(=O)c1cnc(OCC(F)(F)F)cc1C. The van der Waals surface area contributed by atoms with Crippen LogP contribution in [0.15, 0.2) is 12.3 Å². The lowest BCUT2D eigenvalue weighted by Crippen LogP contribution is -2.19. The number of Topliss-reactive ketones (excluding diaryl/α,β-unsaturated/α-hetero) is 1. The summed E-state index contributed by atoms with van der Waals surface area (Å²) in [5.41, 5.74) is 0.916. The van der Waals surface area contributed by atoms with Gasteiger partial charge in [0.2, 0.25) is 5.88 Å². The zero-order chi connectivity index (χ0) is 12.3. The molecule has 0 atom stereocenters. The van der Waals surface area contributed by atoms with E-state index >= 15 is 0 Å². The molecular weight excluding hydrogens is 223 g/mol. The molecule has 0 bridgehead atoms. The molecule has 0 aliphatic rings. The molecule has 0 aromatic carbocycles. The Balaban J connectivity index is 2.78. The molecule has 1 heterocycles. The quantitative estimate of drug-likeness (QED) is 0.753. The Hall–Kier alpha value is -1.59. The molecule has 0 N–H and O–H groups in total. The number of hydrogen-bond donors (Lipinski definition) is 0. The summed E-state index contributed by atoms with van der Waals surface area (Å²) in [7, 11) is 0. The number of aryl methyl sites for hydroxylation is 1. The molecule has 88 valence electrons. The first kappa shape index (κ1) is 12.5. The van der Waals surface area contributed by atoms with Crippen LogP contribution >= 0.6 is 0 Å². The maximum absolute atomic E-state index is 11.8. The molecule has 1 aromatic heterocycles. The van der Waals surface area contributed by atoms with Gasteiger partial charge in [-0.05, 0) is 19.4 Å². The van der Waals surface area contributed by atoms with Gasteiger partial charge in [0.15, 0.2) is 12.4 Å². The van der Waals surface area contributed by atoms with E-state index in [-0.39, 0.29) is 11.7 Å². The third-order valence-corrected chi connectivity index (χ3v) is 1.85. The van der Waals surface area contributed by atoms with Crippen molar-refractivity contribution in [3.63, 3.8) is 0 Å². The predicted octanol–water partition coefficient (Wildman–Crippen LogP) is 2.53. The number of aromatic nitrogens is 1. The van der Waals surface area contributed by atoms with Crippen LogP contribution in [-0.2, 0) is 0 Å². The lowest BCUT2D eigenvalue weighted by molar-refractivity contribution is -0.154. The Bertz CT molecular complexity index is 402. The third-order valence-electron chi connectivity index (χ3n) is 1.85. The van der Waals surface area contributed by atoms with Gasteiger partial charge in [-0.1, -0.05) is 0 Å². The van der Waals surface area contributed by atoms with Crippen LogP contribution in [0.2, 0.25) is 0 Å². The van der Waals surface area contributed by atoms with E-state index in [1.807, 2.05) is 0 Å². The zero-order valence-electron chi connectivity index (χ0n) is 8.76. The Morgan fingerprint density at radius 3 is 2.56 bits per heavy atom. The highest BCUT2D eigenvalue weighted by Crippen LogP contribution is 2.19. The highest BCUT2D eigenvalue weighted by atomic mass is 19.4. The van der Waals surface area contributed by atoms with Crippen LogP contribution in [0.4, 0.5) is 13.2 Å². The Morgan fingerprint density at radius 1 is 1.50 bits per heavy atom. The Kier molecular flexibility index (Phi) is 3.51. The van der Waals surface area contributed by atoms with Crippen molar-refractivity contribution in [1.82, 2.24) is 4.98 Å². The monoisotopic (exact) mass is 233 g/mol. The molecule has 1 aromatic rings. The second kappa shape index (κ2) is 4.51. The van der Waals surface area contributed by atoms with Crippen LogP contribution in [-0.4, -0.2) is 23.6 Å². The molecule has 0 unspecified atom stereocenters. The first-order valence-electron chi connectivity index (χ1n) is 4.47. The lowest BCUT2D eigenvalue weighted by Gasteiger charge is -2.09. The van der Waals surface area contributed by atoms with E-state index in [4.69, 9.17) is 0 Å². The van der Waals surface area contributed by atoms with Gasteiger partial charge in [-0.25, -0.2) is 4.98 Å². The normalized spacial score (nSPS) is 11.3. The number of hydrogen-bond acceptors (Lipinski definition) is 3. The lowest BCUT2D eigenvalue weighted by atomic mass is 10.1. The first-order chi connectivity index (χ1) is 7.29. The average molecular weight is 233 g/mol. The minimum Gasteiger partial charge on any atom is -0.468 e. The third kappa shape index (κ3) is 3.52. The largest absolute Gasteiger partial charge is 0.468 e. The fourth-order valence-electron chi connectivity index (χ4n) is 1.13. The van der Waals surface area contributed by atoms with Gasteiger partial charge in [-0.2, -0.15) is 13.2 Å². The summed E-state index contributed by atoms with van der Waals surface area (Å²) >= 11 is 0. The van der Waals surface area contributed by atoms with Crippen LogP contribution < -0.4 is 4.74 Å². The standard InChI is InChI=1S/C10H10F3NO2/c1-6-3-9(16-5-10(11,12)13)14-4-8(6)7(2)15/h3-4H,5H2,1-2H3. The molecule has 16 heavy (non-hydrogen) atoms. The molecule has 0 radical (unpaired) electrons. The van der Waals surface area contributed by atoms with E-state index in [0.717, 1.165) is 0 Å². The van der Waals surface area contributed by atoms with Gasteiger partial charge in [0.25, 0.3) is 0 Å². The zero-order valence-corrected chi connectivity index (χ0v) is 8.76. The number of rotatable bonds is 3.